The van der Waals surface area contributed by atoms with Crippen molar-refractivity contribution in [3.05, 3.63) is 42.3 Å². The summed E-state index contributed by atoms with van der Waals surface area (Å²) in [4.78, 5) is 8.78. The molecule has 0 aliphatic rings. The Labute approximate surface area is 167 Å². The Kier molecular flexibility index (Phi) is 9.55. The Morgan fingerprint density at radius 2 is 1.88 bits per heavy atom. The topological polar surface area (TPSA) is 62.5 Å². The normalized spacial score (nSPS) is 12.6. The highest BCUT2D eigenvalue weighted by atomic mass is 127. The standard InChI is InChI=1S/C19H28N4O.HI/c1-14(2)10-11-15(3)22-19(20-4)21-12-17-13-24-18(23-17)16-8-6-5-7-9-16;/h5-9,13-15H,10-12H2,1-4H3,(H2,20,21,22);1H. The minimum absolute atomic E-state index is 0. The molecule has 2 N–H and O–H groups in total. The van der Waals surface area contributed by atoms with Crippen molar-refractivity contribution in [1.29, 1.82) is 0 Å². The van der Waals surface area contributed by atoms with Crippen molar-refractivity contribution < 1.29 is 4.42 Å². The molecule has 6 heteroatoms. The first-order valence-corrected chi connectivity index (χ1v) is 8.55. The lowest BCUT2D eigenvalue weighted by Gasteiger charge is -2.18. The second kappa shape index (κ2) is 11.1. The highest BCUT2D eigenvalue weighted by Gasteiger charge is 2.09. The van der Waals surface area contributed by atoms with E-state index in [-0.39, 0.29) is 24.0 Å². The van der Waals surface area contributed by atoms with Gasteiger partial charge in [0, 0.05) is 18.7 Å². The van der Waals surface area contributed by atoms with Gasteiger partial charge in [-0.1, -0.05) is 32.0 Å². The minimum atomic E-state index is 0. The van der Waals surface area contributed by atoms with Crippen LogP contribution < -0.4 is 10.6 Å². The summed E-state index contributed by atoms with van der Waals surface area (Å²) in [6, 6.07) is 10.3. The smallest absolute Gasteiger partial charge is 0.226 e. The molecule has 25 heavy (non-hydrogen) atoms. The van der Waals surface area contributed by atoms with E-state index in [0.29, 0.717) is 18.5 Å². The number of halogens is 1. The largest absolute Gasteiger partial charge is 0.444 e. The molecule has 0 saturated heterocycles. The van der Waals surface area contributed by atoms with Gasteiger partial charge in [-0.3, -0.25) is 4.99 Å². The van der Waals surface area contributed by atoms with Gasteiger partial charge in [0.2, 0.25) is 5.89 Å². The molecule has 0 bridgehead atoms. The maximum absolute atomic E-state index is 5.55. The summed E-state index contributed by atoms with van der Waals surface area (Å²) in [7, 11) is 1.78. The van der Waals surface area contributed by atoms with E-state index in [0.717, 1.165) is 29.6 Å². The molecule has 2 rings (SSSR count). The zero-order chi connectivity index (χ0) is 17.4. The highest BCUT2D eigenvalue weighted by Crippen LogP contribution is 2.17. The molecule has 5 nitrogen and oxygen atoms in total. The Bertz CT molecular complexity index is 640. The first-order chi connectivity index (χ1) is 11.6. The Morgan fingerprint density at radius 3 is 2.52 bits per heavy atom. The number of nitrogens with zero attached hydrogens (tertiary/aromatic N) is 2. The van der Waals surface area contributed by atoms with Crippen LogP contribution in [0, 0.1) is 5.92 Å². The Balaban J connectivity index is 0.00000312. The Morgan fingerprint density at radius 1 is 1.16 bits per heavy atom. The minimum Gasteiger partial charge on any atom is -0.444 e. The molecule has 0 saturated carbocycles. The summed E-state index contributed by atoms with van der Waals surface area (Å²) in [6.45, 7) is 7.25. The zero-order valence-corrected chi connectivity index (χ0v) is 17.8. The van der Waals surface area contributed by atoms with Crippen molar-refractivity contribution in [2.24, 2.45) is 10.9 Å². The summed E-state index contributed by atoms with van der Waals surface area (Å²) in [5, 5.41) is 6.70. The van der Waals surface area contributed by atoms with Crippen molar-refractivity contribution in [2.75, 3.05) is 7.05 Å². The Hall–Kier alpha value is -1.57. The monoisotopic (exact) mass is 456 g/mol. The fraction of sp³-hybridized carbons (Fsp3) is 0.474. The van der Waals surface area contributed by atoms with Crippen molar-refractivity contribution in [2.45, 2.75) is 46.2 Å². The van der Waals surface area contributed by atoms with Crippen LogP contribution in [0.5, 0.6) is 0 Å². The number of rotatable bonds is 7. The quantitative estimate of drug-likeness (QED) is 0.367. The van der Waals surface area contributed by atoms with Gasteiger partial charge in [-0.05, 0) is 37.8 Å². The highest BCUT2D eigenvalue weighted by molar-refractivity contribution is 14.0. The molecule has 1 heterocycles. The average molecular weight is 456 g/mol. The average Bonchev–Trinajstić information content (AvgIpc) is 3.06. The lowest BCUT2D eigenvalue weighted by Crippen LogP contribution is -2.42. The molecule has 2 aromatic rings. The van der Waals surface area contributed by atoms with Gasteiger partial charge in [-0.2, -0.15) is 0 Å². The van der Waals surface area contributed by atoms with Gasteiger partial charge in [0.25, 0.3) is 0 Å². The molecule has 0 aliphatic heterocycles. The lowest BCUT2D eigenvalue weighted by molar-refractivity contribution is 0.489. The number of hydrogen-bond donors (Lipinski definition) is 2. The lowest BCUT2D eigenvalue weighted by atomic mass is 10.0. The summed E-state index contributed by atoms with van der Waals surface area (Å²) in [5.41, 5.74) is 1.83. The molecular weight excluding hydrogens is 427 g/mol. The van der Waals surface area contributed by atoms with Crippen molar-refractivity contribution in [3.8, 4) is 11.5 Å². The predicted molar refractivity (Wildman–Crippen MR) is 114 cm³/mol. The maximum atomic E-state index is 5.55. The number of aliphatic imine (C=N–C) groups is 1. The van der Waals surface area contributed by atoms with Crippen LogP contribution in [-0.4, -0.2) is 24.0 Å². The summed E-state index contributed by atoms with van der Waals surface area (Å²) in [6.07, 6.45) is 4.01. The van der Waals surface area contributed by atoms with Gasteiger partial charge < -0.3 is 15.1 Å². The third-order valence-electron chi connectivity index (χ3n) is 3.79. The fourth-order valence-electron chi connectivity index (χ4n) is 2.36. The molecule has 1 unspecified atom stereocenters. The molecule has 0 spiro atoms. The van der Waals surface area contributed by atoms with Crippen molar-refractivity contribution in [3.63, 3.8) is 0 Å². The van der Waals surface area contributed by atoms with Gasteiger partial charge in [-0.25, -0.2) is 4.98 Å². The van der Waals surface area contributed by atoms with Crippen LogP contribution in [0.3, 0.4) is 0 Å². The van der Waals surface area contributed by atoms with Gasteiger partial charge in [0.1, 0.15) is 6.26 Å². The van der Waals surface area contributed by atoms with Crippen LogP contribution in [0.25, 0.3) is 11.5 Å². The molecule has 1 atom stereocenters. The zero-order valence-electron chi connectivity index (χ0n) is 15.5. The third kappa shape index (κ3) is 7.46. The molecule has 1 aromatic heterocycles. The van der Waals surface area contributed by atoms with Gasteiger partial charge in [0.15, 0.2) is 5.96 Å². The maximum Gasteiger partial charge on any atom is 0.226 e. The van der Waals surface area contributed by atoms with Crippen LogP contribution >= 0.6 is 24.0 Å². The number of nitrogens with one attached hydrogen (secondary N) is 2. The van der Waals surface area contributed by atoms with Gasteiger partial charge in [-0.15, -0.1) is 24.0 Å². The van der Waals surface area contributed by atoms with E-state index in [9.17, 15) is 0 Å². The summed E-state index contributed by atoms with van der Waals surface area (Å²) >= 11 is 0. The SMILES string of the molecule is CN=C(NCc1coc(-c2ccccc2)n1)NC(C)CCC(C)C.I. The molecular formula is C19H29IN4O. The van der Waals surface area contributed by atoms with E-state index in [1.807, 2.05) is 30.3 Å². The van der Waals surface area contributed by atoms with E-state index in [1.165, 1.54) is 6.42 Å². The van der Waals surface area contributed by atoms with E-state index in [2.05, 4.69) is 41.4 Å². The number of guanidine groups is 1. The fourth-order valence-corrected chi connectivity index (χ4v) is 2.36. The first-order valence-electron chi connectivity index (χ1n) is 8.55. The molecule has 0 radical (unpaired) electrons. The number of hydrogen-bond acceptors (Lipinski definition) is 3. The first kappa shape index (κ1) is 21.5. The van der Waals surface area contributed by atoms with E-state index >= 15 is 0 Å². The van der Waals surface area contributed by atoms with Crippen LogP contribution in [0.2, 0.25) is 0 Å². The van der Waals surface area contributed by atoms with E-state index in [1.54, 1.807) is 13.3 Å². The van der Waals surface area contributed by atoms with E-state index in [4.69, 9.17) is 4.42 Å². The van der Waals surface area contributed by atoms with Crippen LogP contribution in [0.1, 0.15) is 39.3 Å². The number of aromatic nitrogens is 1. The third-order valence-corrected chi connectivity index (χ3v) is 3.79. The number of oxazole rings is 1. The molecule has 0 amide bonds. The van der Waals surface area contributed by atoms with Gasteiger partial charge in [0.05, 0.1) is 12.2 Å². The molecule has 138 valence electrons. The molecule has 1 aromatic carbocycles. The van der Waals surface area contributed by atoms with Crippen LogP contribution in [0.4, 0.5) is 0 Å². The summed E-state index contributed by atoms with van der Waals surface area (Å²) < 4.78 is 5.55. The van der Waals surface area contributed by atoms with Crippen LogP contribution in [0.15, 0.2) is 46.0 Å². The molecule has 0 aliphatic carbocycles. The summed E-state index contributed by atoms with van der Waals surface area (Å²) in [5.74, 6) is 2.15. The van der Waals surface area contributed by atoms with Crippen LogP contribution in [-0.2, 0) is 6.54 Å². The van der Waals surface area contributed by atoms with Gasteiger partial charge >= 0.3 is 0 Å². The predicted octanol–water partition coefficient (Wildman–Crippen LogP) is 4.45. The molecule has 0 fully saturated rings. The van der Waals surface area contributed by atoms with Crippen molar-refractivity contribution in [1.82, 2.24) is 15.6 Å². The second-order valence-corrected chi connectivity index (χ2v) is 6.45. The second-order valence-electron chi connectivity index (χ2n) is 6.45. The van der Waals surface area contributed by atoms with Crippen molar-refractivity contribution >= 4 is 29.9 Å². The van der Waals surface area contributed by atoms with E-state index < -0.39 is 0 Å². The number of benzene rings is 1.